The topological polar surface area (TPSA) is 32.3 Å². The van der Waals surface area contributed by atoms with Gasteiger partial charge in [0.2, 0.25) is 0 Å². The maximum absolute atomic E-state index is 9.53. The molecule has 3 atom stereocenters. The number of hydrogen-bond acceptors (Lipinski definition) is 2. The minimum atomic E-state index is 0.403. The third kappa shape index (κ3) is 2.94. The Kier molecular flexibility index (Phi) is 3.79. The SMILES string of the molecule is CC1CCCC(CNC2CCc3cc(O)ccc32)C1. The average molecular weight is 259 g/mol. The first-order valence-electron chi connectivity index (χ1n) is 7.77. The largest absolute Gasteiger partial charge is 0.508 e. The Hall–Kier alpha value is -1.02. The summed E-state index contributed by atoms with van der Waals surface area (Å²) < 4.78 is 0. The van der Waals surface area contributed by atoms with Gasteiger partial charge in [-0.3, -0.25) is 0 Å². The maximum Gasteiger partial charge on any atom is 0.115 e. The zero-order valence-electron chi connectivity index (χ0n) is 11.9. The molecule has 0 aromatic heterocycles. The van der Waals surface area contributed by atoms with Crippen molar-refractivity contribution in [2.24, 2.45) is 11.8 Å². The highest BCUT2D eigenvalue weighted by Crippen LogP contribution is 2.34. The number of aromatic hydroxyl groups is 1. The van der Waals surface area contributed by atoms with Gasteiger partial charge in [0.05, 0.1) is 0 Å². The molecular formula is C17H25NO. The van der Waals surface area contributed by atoms with Gasteiger partial charge in [-0.1, -0.05) is 25.8 Å². The van der Waals surface area contributed by atoms with Gasteiger partial charge in [0.25, 0.3) is 0 Å². The Morgan fingerprint density at radius 3 is 3.00 bits per heavy atom. The second kappa shape index (κ2) is 5.54. The summed E-state index contributed by atoms with van der Waals surface area (Å²) in [4.78, 5) is 0. The third-order valence-electron chi connectivity index (χ3n) is 4.90. The number of rotatable bonds is 3. The van der Waals surface area contributed by atoms with Crippen molar-refractivity contribution in [2.75, 3.05) is 6.54 Å². The van der Waals surface area contributed by atoms with Gasteiger partial charge < -0.3 is 10.4 Å². The summed E-state index contributed by atoms with van der Waals surface area (Å²) >= 11 is 0. The third-order valence-corrected chi connectivity index (χ3v) is 4.90. The van der Waals surface area contributed by atoms with Crippen molar-refractivity contribution in [3.63, 3.8) is 0 Å². The van der Waals surface area contributed by atoms with E-state index in [4.69, 9.17) is 0 Å². The van der Waals surface area contributed by atoms with Gasteiger partial charge in [0, 0.05) is 6.04 Å². The monoisotopic (exact) mass is 259 g/mol. The minimum absolute atomic E-state index is 0.403. The highest BCUT2D eigenvalue weighted by molar-refractivity contribution is 5.40. The molecule has 0 saturated heterocycles. The van der Waals surface area contributed by atoms with Gasteiger partial charge in [-0.2, -0.15) is 0 Å². The van der Waals surface area contributed by atoms with Crippen LogP contribution in [0.4, 0.5) is 0 Å². The van der Waals surface area contributed by atoms with Gasteiger partial charge in [-0.15, -0.1) is 0 Å². The summed E-state index contributed by atoms with van der Waals surface area (Å²) in [5.41, 5.74) is 2.73. The number of aryl methyl sites for hydroxylation is 1. The molecular weight excluding hydrogens is 234 g/mol. The molecule has 2 heteroatoms. The summed E-state index contributed by atoms with van der Waals surface area (Å²) in [7, 11) is 0. The molecule has 2 N–H and O–H groups in total. The van der Waals surface area contributed by atoms with Crippen LogP contribution in [-0.2, 0) is 6.42 Å². The molecule has 0 radical (unpaired) electrons. The van der Waals surface area contributed by atoms with Crippen molar-refractivity contribution >= 4 is 0 Å². The summed E-state index contributed by atoms with van der Waals surface area (Å²) in [6.07, 6.45) is 7.89. The summed E-state index contributed by atoms with van der Waals surface area (Å²) in [5.74, 6) is 2.18. The summed E-state index contributed by atoms with van der Waals surface area (Å²) in [5, 5.41) is 13.3. The van der Waals surface area contributed by atoms with E-state index in [2.05, 4.69) is 18.3 Å². The summed E-state index contributed by atoms with van der Waals surface area (Å²) in [6, 6.07) is 6.35. The number of benzene rings is 1. The molecule has 19 heavy (non-hydrogen) atoms. The van der Waals surface area contributed by atoms with Crippen molar-refractivity contribution in [1.82, 2.24) is 5.32 Å². The lowest BCUT2D eigenvalue weighted by atomic mass is 9.82. The van der Waals surface area contributed by atoms with E-state index in [9.17, 15) is 5.11 Å². The van der Waals surface area contributed by atoms with E-state index in [1.165, 1.54) is 43.2 Å². The van der Waals surface area contributed by atoms with E-state index in [0.29, 0.717) is 11.8 Å². The lowest BCUT2D eigenvalue weighted by molar-refractivity contribution is 0.266. The number of fused-ring (bicyclic) bond motifs is 1. The Morgan fingerprint density at radius 2 is 2.16 bits per heavy atom. The number of phenols is 1. The van der Waals surface area contributed by atoms with Crippen LogP contribution in [0.2, 0.25) is 0 Å². The van der Waals surface area contributed by atoms with Crippen LogP contribution in [0, 0.1) is 11.8 Å². The quantitative estimate of drug-likeness (QED) is 0.865. The normalized spacial score (nSPS) is 30.3. The molecule has 1 aromatic rings. The van der Waals surface area contributed by atoms with Crippen LogP contribution in [0.25, 0.3) is 0 Å². The van der Waals surface area contributed by atoms with Crippen molar-refractivity contribution in [1.29, 1.82) is 0 Å². The van der Waals surface area contributed by atoms with Gasteiger partial charge >= 0.3 is 0 Å². The zero-order chi connectivity index (χ0) is 13.2. The molecule has 3 unspecified atom stereocenters. The fraction of sp³-hybridized carbons (Fsp3) is 0.647. The minimum Gasteiger partial charge on any atom is -0.508 e. The van der Waals surface area contributed by atoms with Crippen molar-refractivity contribution in [3.8, 4) is 5.75 Å². The number of hydrogen-bond donors (Lipinski definition) is 2. The first-order valence-corrected chi connectivity index (χ1v) is 7.77. The Balaban J connectivity index is 1.57. The van der Waals surface area contributed by atoms with Crippen LogP contribution in [0.1, 0.15) is 56.2 Å². The molecule has 0 amide bonds. The van der Waals surface area contributed by atoms with Gasteiger partial charge in [0.15, 0.2) is 0 Å². The van der Waals surface area contributed by atoms with Gasteiger partial charge in [0.1, 0.15) is 5.75 Å². The predicted molar refractivity (Wildman–Crippen MR) is 78.3 cm³/mol. The van der Waals surface area contributed by atoms with Crippen LogP contribution < -0.4 is 5.32 Å². The van der Waals surface area contributed by atoms with Crippen LogP contribution in [0.5, 0.6) is 5.75 Å². The highest BCUT2D eigenvalue weighted by atomic mass is 16.3. The first kappa shape index (κ1) is 13.0. The molecule has 1 fully saturated rings. The van der Waals surface area contributed by atoms with E-state index >= 15 is 0 Å². The van der Waals surface area contributed by atoms with Crippen LogP contribution >= 0.6 is 0 Å². The maximum atomic E-state index is 9.53. The van der Waals surface area contributed by atoms with Crippen LogP contribution in [-0.4, -0.2) is 11.7 Å². The number of nitrogens with one attached hydrogen (secondary N) is 1. The first-order chi connectivity index (χ1) is 9.22. The molecule has 0 bridgehead atoms. The Labute approximate surface area is 116 Å². The second-order valence-electron chi connectivity index (χ2n) is 6.52. The summed E-state index contributed by atoms with van der Waals surface area (Å²) in [6.45, 7) is 3.55. The van der Waals surface area contributed by atoms with E-state index in [-0.39, 0.29) is 0 Å². The smallest absolute Gasteiger partial charge is 0.115 e. The fourth-order valence-corrected chi connectivity index (χ4v) is 3.87. The molecule has 2 aliphatic carbocycles. The van der Waals surface area contributed by atoms with E-state index in [1.54, 1.807) is 0 Å². The zero-order valence-corrected chi connectivity index (χ0v) is 11.9. The molecule has 3 rings (SSSR count). The second-order valence-corrected chi connectivity index (χ2v) is 6.52. The van der Waals surface area contributed by atoms with Crippen molar-refractivity contribution < 1.29 is 5.11 Å². The fourth-order valence-electron chi connectivity index (χ4n) is 3.87. The van der Waals surface area contributed by atoms with Crippen LogP contribution in [0.15, 0.2) is 18.2 Å². The molecule has 0 heterocycles. The molecule has 2 aliphatic rings. The Bertz CT molecular complexity index is 443. The lowest BCUT2D eigenvalue weighted by Gasteiger charge is -2.28. The standard InChI is InChI=1S/C17H25NO/c1-12-3-2-4-13(9-12)11-18-17-8-5-14-10-15(19)6-7-16(14)17/h6-7,10,12-13,17-19H,2-5,8-9,11H2,1H3. The van der Waals surface area contributed by atoms with E-state index < -0.39 is 0 Å². The molecule has 104 valence electrons. The molecule has 1 saturated carbocycles. The molecule has 0 aliphatic heterocycles. The molecule has 1 aromatic carbocycles. The van der Waals surface area contributed by atoms with Crippen molar-refractivity contribution in [2.45, 2.75) is 51.5 Å². The van der Waals surface area contributed by atoms with Gasteiger partial charge in [-0.25, -0.2) is 0 Å². The van der Waals surface area contributed by atoms with E-state index in [0.717, 1.165) is 24.8 Å². The molecule has 0 spiro atoms. The number of phenolic OH excluding ortho intramolecular Hbond substituents is 1. The average Bonchev–Trinajstić information content (AvgIpc) is 2.78. The Morgan fingerprint density at radius 1 is 1.26 bits per heavy atom. The van der Waals surface area contributed by atoms with Crippen molar-refractivity contribution in [3.05, 3.63) is 29.3 Å². The predicted octanol–water partition coefficient (Wildman–Crippen LogP) is 3.80. The van der Waals surface area contributed by atoms with Gasteiger partial charge in [-0.05, 0) is 67.3 Å². The van der Waals surface area contributed by atoms with E-state index in [1.807, 2.05) is 12.1 Å². The molecule has 2 nitrogen and oxygen atoms in total. The van der Waals surface area contributed by atoms with Crippen LogP contribution in [0.3, 0.4) is 0 Å². The highest BCUT2D eigenvalue weighted by Gasteiger charge is 2.24. The lowest BCUT2D eigenvalue weighted by Crippen LogP contribution is -2.29.